The van der Waals surface area contributed by atoms with E-state index in [4.69, 9.17) is 0 Å². The van der Waals surface area contributed by atoms with Crippen LogP contribution in [-0.4, -0.2) is 18.6 Å². The summed E-state index contributed by atoms with van der Waals surface area (Å²) in [6, 6.07) is 11.2. The summed E-state index contributed by atoms with van der Waals surface area (Å²) in [6.45, 7) is 4.45. The van der Waals surface area contributed by atoms with Crippen molar-refractivity contribution in [3.8, 4) is 0 Å². The maximum Gasteiger partial charge on any atom is 0.0292 e. The van der Waals surface area contributed by atoms with E-state index in [2.05, 4.69) is 47.9 Å². The van der Waals surface area contributed by atoms with Crippen LogP contribution in [-0.2, 0) is 0 Å². The monoisotopic (exact) mass is 298 g/mol. The molecule has 2 N–H and O–H groups in total. The lowest BCUT2D eigenvalue weighted by Gasteiger charge is -2.57. The van der Waals surface area contributed by atoms with E-state index < -0.39 is 0 Å². The number of nitrogens with one attached hydrogen (secondary N) is 2. The van der Waals surface area contributed by atoms with Crippen LogP contribution in [0.15, 0.2) is 30.3 Å². The summed E-state index contributed by atoms with van der Waals surface area (Å²) in [5, 5.41) is 7.64. The molecule has 4 fully saturated rings. The van der Waals surface area contributed by atoms with Crippen LogP contribution in [0.3, 0.4) is 0 Å². The van der Waals surface area contributed by atoms with Gasteiger partial charge in [0.1, 0.15) is 0 Å². The van der Waals surface area contributed by atoms with Gasteiger partial charge in [0.25, 0.3) is 0 Å². The standard InChI is InChI=1S/C20H30N2/c1-15(19-5-3-2-4-6-19)21-7-8-22-20-12-16-9-17(13-20)11-18(10-16)14-20/h2-6,15-18,21-22H,7-14H2,1H3/t15-,16?,17?,18?,20?/m0/s1. The SMILES string of the molecule is C[C@H](NCCNC12CC3CC(CC(C3)C1)C2)c1ccccc1. The van der Waals surface area contributed by atoms with Crippen LogP contribution in [0.4, 0.5) is 0 Å². The molecule has 22 heavy (non-hydrogen) atoms. The van der Waals surface area contributed by atoms with E-state index in [0.29, 0.717) is 11.6 Å². The summed E-state index contributed by atoms with van der Waals surface area (Å²) in [4.78, 5) is 0. The number of rotatable bonds is 6. The highest BCUT2D eigenvalue weighted by atomic mass is 15.0. The molecule has 0 heterocycles. The van der Waals surface area contributed by atoms with Gasteiger partial charge in [-0.05, 0) is 68.8 Å². The summed E-state index contributed by atoms with van der Waals surface area (Å²) in [5.41, 5.74) is 1.89. The van der Waals surface area contributed by atoms with E-state index in [-0.39, 0.29) is 0 Å². The van der Waals surface area contributed by atoms with Gasteiger partial charge in [-0.15, -0.1) is 0 Å². The topological polar surface area (TPSA) is 24.1 Å². The molecule has 0 unspecified atom stereocenters. The third kappa shape index (κ3) is 2.96. The summed E-state index contributed by atoms with van der Waals surface area (Å²) in [6.07, 6.45) is 8.95. The van der Waals surface area contributed by atoms with Crippen LogP contribution in [0.2, 0.25) is 0 Å². The van der Waals surface area contributed by atoms with Crippen LogP contribution in [0, 0.1) is 17.8 Å². The Bertz CT molecular complexity index is 460. The minimum atomic E-state index is 0.444. The fraction of sp³-hybridized carbons (Fsp3) is 0.700. The van der Waals surface area contributed by atoms with Crippen molar-refractivity contribution in [2.45, 2.75) is 57.0 Å². The predicted molar refractivity (Wildman–Crippen MR) is 91.8 cm³/mol. The molecule has 0 saturated heterocycles. The Kier molecular flexibility index (Phi) is 4.00. The maximum atomic E-state index is 3.97. The van der Waals surface area contributed by atoms with Gasteiger partial charge in [-0.1, -0.05) is 30.3 Å². The maximum absolute atomic E-state index is 3.97. The highest BCUT2D eigenvalue weighted by Crippen LogP contribution is 2.55. The second-order valence-corrected chi connectivity index (χ2v) is 8.21. The zero-order valence-electron chi connectivity index (χ0n) is 13.9. The molecule has 1 aromatic rings. The molecule has 0 aromatic heterocycles. The van der Waals surface area contributed by atoms with Crippen molar-refractivity contribution in [1.29, 1.82) is 0 Å². The summed E-state index contributed by atoms with van der Waals surface area (Å²) >= 11 is 0. The lowest BCUT2D eigenvalue weighted by molar-refractivity contribution is -0.0193. The molecule has 1 aromatic carbocycles. The van der Waals surface area contributed by atoms with Gasteiger partial charge in [-0.3, -0.25) is 0 Å². The zero-order chi connectivity index (χ0) is 15.0. The third-order valence-corrected chi connectivity index (χ3v) is 6.41. The molecule has 1 atom stereocenters. The molecule has 5 rings (SSSR count). The second kappa shape index (κ2) is 5.98. The van der Waals surface area contributed by atoms with E-state index in [1.54, 1.807) is 0 Å². The van der Waals surface area contributed by atoms with Gasteiger partial charge in [-0.25, -0.2) is 0 Å². The lowest BCUT2D eigenvalue weighted by atomic mass is 9.53. The molecule has 2 heteroatoms. The first-order valence-electron chi connectivity index (χ1n) is 9.26. The van der Waals surface area contributed by atoms with E-state index in [1.807, 2.05) is 0 Å². The van der Waals surface area contributed by atoms with Gasteiger partial charge >= 0.3 is 0 Å². The highest BCUT2D eigenvalue weighted by Gasteiger charge is 2.50. The Hall–Kier alpha value is -0.860. The fourth-order valence-electron chi connectivity index (χ4n) is 5.80. The average molecular weight is 298 g/mol. The van der Waals surface area contributed by atoms with Crippen LogP contribution >= 0.6 is 0 Å². The normalized spacial score (nSPS) is 37.4. The molecule has 0 aliphatic heterocycles. The largest absolute Gasteiger partial charge is 0.310 e. The number of benzene rings is 1. The lowest BCUT2D eigenvalue weighted by Crippen LogP contribution is -2.59. The van der Waals surface area contributed by atoms with E-state index in [9.17, 15) is 0 Å². The first-order chi connectivity index (χ1) is 10.7. The van der Waals surface area contributed by atoms with Crippen LogP contribution in [0.5, 0.6) is 0 Å². The smallest absolute Gasteiger partial charge is 0.0292 e. The molecule has 0 radical (unpaired) electrons. The molecule has 4 saturated carbocycles. The van der Waals surface area contributed by atoms with Gasteiger partial charge in [0.2, 0.25) is 0 Å². The van der Waals surface area contributed by atoms with Crippen molar-refractivity contribution in [2.24, 2.45) is 17.8 Å². The summed E-state index contributed by atoms with van der Waals surface area (Å²) < 4.78 is 0. The van der Waals surface area contributed by atoms with Gasteiger partial charge in [0, 0.05) is 24.7 Å². The highest BCUT2D eigenvalue weighted by molar-refractivity contribution is 5.18. The van der Waals surface area contributed by atoms with E-state index >= 15 is 0 Å². The fourth-order valence-corrected chi connectivity index (χ4v) is 5.80. The second-order valence-electron chi connectivity index (χ2n) is 8.21. The van der Waals surface area contributed by atoms with Crippen molar-refractivity contribution in [2.75, 3.05) is 13.1 Å². The molecule has 0 spiro atoms. The van der Waals surface area contributed by atoms with Crippen molar-refractivity contribution in [3.63, 3.8) is 0 Å². The quantitative estimate of drug-likeness (QED) is 0.778. The molecular weight excluding hydrogens is 268 g/mol. The number of hydrogen-bond donors (Lipinski definition) is 2. The van der Waals surface area contributed by atoms with Crippen LogP contribution in [0.1, 0.15) is 57.1 Å². The molecule has 4 aliphatic carbocycles. The Balaban J connectivity index is 1.25. The van der Waals surface area contributed by atoms with E-state index in [0.717, 1.165) is 30.8 Å². The van der Waals surface area contributed by atoms with Crippen LogP contribution in [0.25, 0.3) is 0 Å². The van der Waals surface area contributed by atoms with Crippen LogP contribution < -0.4 is 10.6 Å². The molecule has 4 aliphatic rings. The predicted octanol–water partition coefficient (Wildman–Crippen LogP) is 3.90. The summed E-state index contributed by atoms with van der Waals surface area (Å²) in [7, 11) is 0. The van der Waals surface area contributed by atoms with Crippen molar-refractivity contribution in [1.82, 2.24) is 10.6 Å². The third-order valence-electron chi connectivity index (χ3n) is 6.41. The van der Waals surface area contributed by atoms with Gasteiger partial charge in [0.05, 0.1) is 0 Å². The Morgan fingerprint density at radius 1 is 0.955 bits per heavy atom. The molecule has 4 bridgehead atoms. The van der Waals surface area contributed by atoms with Gasteiger partial charge < -0.3 is 10.6 Å². The average Bonchev–Trinajstić information content (AvgIpc) is 2.51. The first-order valence-corrected chi connectivity index (χ1v) is 9.26. The minimum Gasteiger partial charge on any atom is -0.310 e. The zero-order valence-corrected chi connectivity index (χ0v) is 13.9. The van der Waals surface area contributed by atoms with E-state index in [1.165, 1.54) is 44.1 Å². The number of hydrogen-bond acceptors (Lipinski definition) is 2. The van der Waals surface area contributed by atoms with Gasteiger partial charge in [0.15, 0.2) is 0 Å². The molecule has 0 amide bonds. The van der Waals surface area contributed by atoms with Crippen molar-refractivity contribution >= 4 is 0 Å². The van der Waals surface area contributed by atoms with Crippen molar-refractivity contribution in [3.05, 3.63) is 35.9 Å². The first kappa shape index (κ1) is 14.7. The van der Waals surface area contributed by atoms with Crippen molar-refractivity contribution < 1.29 is 0 Å². The van der Waals surface area contributed by atoms with Gasteiger partial charge in [-0.2, -0.15) is 0 Å². The Labute approximate surface area is 135 Å². The molecule has 2 nitrogen and oxygen atoms in total. The minimum absolute atomic E-state index is 0.444. The molecular formula is C20H30N2. The molecule has 120 valence electrons. The Morgan fingerprint density at radius 2 is 1.55 bits per heavy atom. The Morgan fingerprint density at radius 3 is 2.14 bits per heavy atom. The summed E-state index contributed by atoms with van der Waals surface area (Å²) in [5.74, 6) is 3.11.